The van der Waals surface area contributed by atoms with Gasteiger partial charge in [-0.2, -0.15) is 13.2 Å². The summed E-state index contributed by atoms with van der Waals surface area (Å²) < 4.78 is 65.9. The second-order valence-corrected chi connectivity index (χ2v) is 7.56. The lowest BCUT2D eigenvalue weighted by atomic mass is 9.73. The van der Waals surface area contributed by atoms with E-state index in [9.17, 15) is 31.5 Å². The molecule has 1 fully saturated rings. The lowest BCUT2D eigenvalue weighted by Crippen LogP contribution is -2.46. The standard InChI is InChI=1S/C19H22F5N3O2/c1-17(20,21)12-4-2-5-13-15(12)18(6-3-8-25-9-7-18)16(29)27(13)10-14(28)26-11-19(22,23)24/h2,4-5,25H,3,6-11H2,1H3,(H,26,28). The maximum Gasteiger partial charge on any atom is 0.405 e. The molecule has 2 aliphatic rings. The van der Waals surface area contributed by atoms with Gasteiger partial charge in [0.05, 0.1) is 5.41 Å². The number of hydrogen-bond donors (Lipinski definition) is 2. The number of benzene rings is 1. The topological polar surface area (TPSA) is 61.4 Å². The van der Waals surface area contributed by atoms with Gasteiger partial charge in [-0.25, -0.2) is 8.78 Å². The monoisotopic (exact) mass is 419 g/mol. The van der Waals surface area contributed by atoms with Crippen LogP contribution in [0.4, 0.5) is 27.6 Å². The number of hydrogen-bond acceptors (Lipinski definition) is 3. The van der Waals surface area contributed by atoms with Crippen LogP contribution in [-0.4, -0.2) is 44.2 Å². The lowest BCUT2D eigenvalue weighted by molar-refractivity contribution is -0.138. The number of nitrogens with zero attached hydrogens (tertiary/aromatic N) is 1. The highest BCUT2D eigenvalue weighted by Gasteiger charge is 2.54. The average molecular weight is 419 g/mol. The van der Waals surface area contributed by atoms with Crippen LogP contribution in [0.1, 0.15) is 37.3 Å². The highest BCUT2D eigenvalue weighted by Crippen LogP contribution is 2.51. The molecule has 1 spiro atoms. The molecule has 29 heavy (non-hydrogen) atoms. The Balaban J connectivity index is 2.01. The van der Waals surface area contributed by atoms with Crippen molar-refractivity contribution in [1.29, 1.82) is 0 Å². The Morgan fingerprint density at radius 1 is 1.21 bits per heavy atom. The summed E-state index contributed by atoms with van der Waals surface area (Å²) in [7, 11) is 0. The summed E-state index contributed by atoms with van der Waals surface area (Å²) in [4.78, 5) is 26.5. The SMILES string of the molecule is CC(F)(F)c1cccc2c1C1(CCCNCC1)C(=O)N2CC(=O)NCC(F)(F)F. The van der Waals surface area contributed by atoms with Crippen molar-refractivity contribution in [1.82, 2.24) is 10.6 Å². The van der Waals surface area contributed by atoms with Gasteiger partial charge in [-0.1, -0.05) is 12.1 Å². The van der Waals surface area contributed by atoms with E-state index in [1.807, 2.05) is 0 Å². The predicted molar refractivity (Wildman–Crippen MR) is 95.8 cm³/mol. The molecule has 5 nitrogen and oxygen atoms in total. The quantitative estimate of drug-likeness (QED) is 0.738. The molecule has 1 saturated heterocycles. The fourth-order valence-electron chi connectivity index (χ4n) is 4.19. The molecule has 1 aromatic carbocycles. The van der Waals surface area contributed by atoms with E-state index in [0.717, 1.165) is 11.8 Å². The molecule has 0 bridgehead atoms. The van der Waals surface area contributed by atoms with Gasteiger partial charge in [-0.3, -0.25) is 9.59 Å². The van der Waals surface area contributed by atoms with Gasteiger partial charge in [0.2, 0.25) is 11.8 Å². The Bertz CT molecular complexity index is 796. The molecule has 160 valence electrons. The fourth-order valence-corrected chi connectivity index (χ4v) is 4.19. The van der Waals surface area contributed by atoms with Crippen molar-refractivity contribution in [3.63, 3.8) is 0 Å². The van der Waals surface area contributed by atoms with Crippen molar-refractivity contribution < 1.29 is 31.5 Å². The van der Waals surface area contributed by atoms with E-state index in [2.05, 4.69) is 5.32 Å². The third kappa shape index (κ3) is 4.22. The number of carbonyl (C=O) groups excluding carboxylic acids is 2. The van der Waals surface area contributed by atoms with Crippen LogP contribution in [0.25, 0.3) is 0 Å². The molecule has 2 amide bonds. The first kappa shape index (κ1) is 21.5. The molecule has 3 rings (SSSR count). The predicted octanol–water partition coefficient (Wildman–Crippen LogP) is 2.83. The summed E-state index contributed by atoms with van der Waals surface area (Å²) in [6.45, 7) is -0.378. The second kappa shape index (κ2) is 7.55. The number of carbonyl (C=O) groups is 2. The Labute approximate surface area is 164 Å². The number of fused-ring (bicyclic) bond motifs is 2. The summed E-state index contributed by atoms with van der Waals surface area (Å²) in [6.07, 6.45) is -3.43. The van der Waals surface area contributed by atoms with Crippen LogP contribution in [0.2, 0.25) is 0 Å². The van der Waals surface area contributed by atoms with E-state index in [0.29, 0.717) is 25.9 Å². The highest BCUT2D eigenvalue weighted by atomic mass is 19.4. The van der Waals surface area contributed by atoms with Crippen molar-refractivity contribution in [3.8, 4) is 0 Å². The van der Waals surface area contributed by atoms with E-state index >= 15 is 0 Å². The Morgan fingerprint density at radius 2 is 1.93 bits per heavy atom. The maximum atomic E-state index is 14.4. The molecule has 1 atom stereocenters. The zero-order chi connectivity index (χ0) is 21.4. The summed E-state index contributed by atoms with van der Waals surface area (Å²) in [5, 5.41) is 4.87. The highest BCUT2D eigenvalue weighted by molar-refractivity contribution is 6.11. The van der Waals surface area contributed by atoms with Crippen LogP contribution >= 0.6 is 0 Å². The first-order valence-electron chi connectivity index (χ1n) is 9.34. The van der Waals surface area contributed by atoms with Gasteiger partial charge in [-0.05, 0) is 38.4 Å². The molecule has 0 saturated carbocycles. The molecule has 1 unspecified atom stereocenters. The zero-order valence-electron chi connectivity index (χ0n) is 15.8. The van der Waals surface area contributed by atoms with Crippen molar-refractivity contribution in [3.05, 3.63) is 29.3 Å². The number of alkyl halides is 5. The van der Waals surface area contributed by atoms with Crippen LogP contribution < -0.4 is 15.5 Å². The number of rotatable bonds is 4. The minimum atomic E-state index is -4.59. The summed E-state index contributed by atoms with van der Waals surface area (Å²) >= 11 is 0. The minimum Gasteiger partial charge on any atom is -0.345 e. The first-order chi connectivity index (χ1) is 13.5. The average Bonchev–Trinajstić information content (AvgIpc) is 2.80. The van der Waals surface area contributed by atoms with E-state index in [1.165, 1.54) is 18.2 Å². The molecule has 0 aromatic heterocycles. The maximum absolute atomic E-state index is 14.4. The van der Waals surface area contributed by atoms with Crippen molar-refractivity contribution >= 4 is 17.5 Å². The molecule has 1 aromatic rings. The van der Waals surface area contributed by atoms with Gasteiger partial charge >= 0.3 is 6.18 Å². The minimum absolute atomic E-state index is 0.165. The Hall–Kier alpha value is -2.23. The third-order valence-electron chi connectivity index (χ3n) is 5.41. The van der Waals surface area contributed by atoms with Crippen molar-refractivity contribution in [2.24, 2.45) is 0 Å². The molecule has 2 aliphatic heterocycles. The van der Waals surface area contributed by atoms with Gasteiger partial charge < -0.3 is 15.5 Å². The Kier molecular flexibility index (Phi) is 5.59. The van der Waals surface area contributed by atoms with Crippen molar-refractivity contribution in [2.75, 3.05) is 31.1 Å². The summed E-state index contributed by atoms with van der Waals surface area (Å²) in [5.41, 5.74) is -1.16. The van der Waals surface area contributed by atoms with Gasteiger partial charge in [0.15, 0.2) is 0 Å². The molecular formula is C19H22F5N3O2. The van der Waals surface area contributed by atoms with E-state index in [1.54, 1.807) is 5.32 Å². The zero-order valence-corrected chi connectivity index (χ0v) is 15.8. The van der Waals surface area contributed by atoms with Crippen LogP contribution in [0.5, 0.6) is 0 Å². The fraction of sp³-hybridized carbons (Fsp3) is 0.579. The van der Waals surface area contributed by atoms with Crippen LogP contribution in [-0.2, 0) is 20.9 Å². The smallest absolute Gasteiger partial charge is 0.345 e. The second-order valence-electron chi connectivity index (χ2n) is 7.56. The van der Waals surface area contributed by atoms with Gasteiger partial charge in [0, 0.05) is 23.7 Å². The number of halogens is 5. The first-order valence-corrected chi connectivity index (χ1v) is 9.34. The third-order valence-corrected chi connectivity index (χ3v) is 5.41. The number of anilines is 1. The van der Waals surface area contributed by atoms with Gasteiger partial charge in [-0.15, -0.1) is 0 Å². The van der Waals surface area contributed by atoms with Gasteiger partial charge in [0.25, 0.3) is 5.92 Å². The molecule has 10 heteroatoms. The molecule has 0 aliphatic carbocycles. The molecule has 2 N–H and O–H groups in total. The summed E-state index contributed by atoms with van der Waals surface area (Å²) in [5.74, 6) is -4.73. The normalized spacial score (nSPS) is 22.6. The van der Waals surface area contributed by atoms with Crippen LogP contribution in [0.15, 0.2) is 18.2 Å². The number of nitrogens with one attached hydrogen (secondary N) is 2. The summed E-state index contributed by atoms with van der Waals surface area (Å²) in [6, 6.07) is 4.10. The molecule has 0 radical (unpaired) electrons. The van der Waals surface area contributed by atoms with E-state index < -0.39 is 42.4 Å². The van der Waals surface area contributed by atoms with E-state index in [-0.39, 0.29) is 23.2 Å². The largest absolute Gasteiger partial charge is 0.405 e. The van der Waals surface area contributed by atoms with E-state index in [4.69, 9.17) is 0 Å². The molecular weight excluding hydrogens is 397 g/mol. The van der Waals surface area contributed by atoms with Crippen LogP contribution in [0, 0.1) is 0 Å². The molecule has 2 heterocycles. The van der Waals surface area contributed by atoms with Crippen LogP contribution in [0.3, 0.4) is 0 Å². The Morgan fingerprint density at radius 3 is 2.59 bits per heavy atom. The van der Waals surface area contributed by atoms with Crippen molar-refractivity contribution in [2.45, 2.75) is 43.7 Å². The lowest BCUT2D eigenvalue weighted by Gasteiger charge is -2.29. The van der Waals surface area contributed by atoms with Gasteiger partial charge in [0.1, 0.15) is 13.1 Å². The number of amides is 2.